The molecule has 0 saturated carbocycles. The van der Waals surface area contributed by atoms with Gasteiger partial charge < -0.3 is 0 Å². The van der Waals surface area contributed by atoms with Crippen molar-refractivity contribution in [2.75, 3.05) is 0 Å². The summed E-state index contributed by atoms with van der Waals surface area (Å²) in [5.74, 6) is 1.96. The van der Waals surface area contributed by atoms with Crippen LogP contribution in [-0.4, -0.2) is 15.0 Å². The molecule has 0 bridgehead atoms. The Hall–Kier alpha value is -7.57. The number of nitrogens with zero attached hydrogens (tertiary/aromatic N) is 3. The van der Waals surface area contributed by atoms with Crippen LogP contribution in [-0.2, 0) is 0 Å². The molecule has 0 amide bonds. The first kappa shape index (κ1) is 35.2. The van der Waals surface area contributed by atoms with Crippen LogP contribution in [0.25, 0.3) is 129 Å². The third kappa shape index (κ3) is 5.67. The monoisotopic (exact) mass is 823 g/mol. The lowest BCUT2D eigenvalue weighted by atomic mass is 9.97. The minimum Gasteiger partial charge on any atom is -0.208 e. The van der Waals surface area contributed by atoms with Crippen molar-refractivity contribution in [2.24, 2.45) is 0 Å². The lowest BCUT2D eigenvalue weighted by molar-refractivity contribution is 1.08. The van der Waals surface area contributed by atoms with Gasteiger partial charge in [0.05, 0.1) is 0 Å². The smallest absolute Gasteiger partial charge is 0.164 e. The maximum atomic E-state index is 5.60. The molecule has 0 fully saturated rings. The van der Waals surface area contributed by atoms with Gasteiger partial charge in [-0.2, -0.15) is 0 Å². The molecule has 0 aliphatic carbocycles. The molecule has 0 unspecified atom stereocenters. The molecule has 3 heterocycles. The second-order valence-corrected chi connectivity index (χ2v) is 18.0. The topological polar surface area (TPSA) is 38.7 Å². The summed E-state index contributed by atoms with van der Waals surface area (Å²) in [5.41, 5.74) is 7.70. The summed E-state index contributed by atoms with van der Waals surface area (Å²) in [5, 5.41) is 11.8. The molecule has 0 atom stereocenters. The third-order valence-electron chi connectivity index (χ3n) is 12.3. The lowest BCUT2D eigenvalue weighted by Crippen LogP contribution is -2.01. The standard InChI is InChI=1S/C57H33N3S2/c1-3-13-34(14-4-1)38-25-27-49-45(30-38)51-47(32-40-19-9-11-21-43(40)53(51)61-49)56-58-55(42-24-23-36-17-7-8-18-37(36)29-42)59-57(60-56)48-33-41-20-10-12-22-44(41)54-52(48)46-31-39(26-28-50(46)62-54)35-15-5-2-6-16-35/h1-33H. The highest BCUT2D eigenvalue weighted by atomic mass is 32.1. The number of thiophene rings is 2. The van der Waals surface area contributed by atoms with Crippen LogP contribution in [0.2, 0.25) is 0 Å². The van der Waals surface area contributed by atoms with Crippen molar-refractivity contribution in [3.05, 3.63) is 200 Å². The fourth-order valence-corrected chi connectivity index (χ4v) is 11.8. The predicted octanol–water partition coefficient (Wildman–Crippen LogP) is 16.4. The van der Waals surface area contributed by atoms with Gasteiger partial charge in [0.25, 0.3) is 0 Å². The maximum absolute atomic E-state index is 5.60. The first-order valence-corrected chi connectivity index (χ1v) is 22.5. The Balaban J connectivity index is 1.14. The second-order valence-electron chi connectivity index (χ2n) is 15.9. The van der Waals surface area contributed by atoms with Gasteiger partial charge in [0.2, 0.25) is 0 Å². The molecule has 0 radical (unpaired) electrons. The van der Waals surface area contributed by atoms with Crippen LogP contribution < -0.4 is 0 Å². The van der Waals surface area contributed by atoms with E-state index in [2.05, 4.69) is 200 Å². The van der Waals surface area contributed by atoms with Crippen molar-refractivity contribution in [1.82, 2.24) is 15.0 Å². The van der Waals surface area contributed by atoms with Crippen molar-refractivity contribution >= 4 is 95.3 Å². The Morgan fingerprint density at radius 3 is 1.24 bits per heavy atom. The highest BCUT2D eigenvalue weighted by Crippen LogP contribution is 2.47. The predicted molar refractivity (Wildman–Crippen MR) is 265 cm³/mol. The molecule has 0 spiro atoms. The van der Waals surface area contributed by atoms with Crippen molar-refractivity contribution < 1.29 is 0 Å². The van der Waals surface area contributed by atoms with Gasteiger partial charge in [0, 0.05) is 57.0 Å². The van der Waals surface area contributed by atoms with E-state index in [0.717, 1.165) is 32.8 Å². The summed E-state index contributed by atoms with van der Waals surface area (Å²) in [7, 11) is 0. The minimum absolute atomic E-state index is 0.646. The summed E-state index contributed by atoms with van der Waals surface area (Å²) in [6, 6.07) is 72.0. The second kappa shape index (κ2) is 14.0. The van der Waals surface area contributed by atoms with E-state index in [1.54, 1.807) is 0 Å². The molecule has 0 saturated heterocycles. The van der Waals surface area contributed by atoms with Gasteiger partial charge in [-0.25, -0.2) is 15.0 Å². The Bertz CT molecular complexity index is 3710. The molecule has 0 aliphatic heterocycles. The average molecular weight is 824 g/mol. The number of rotatable bonds is 5. The molecule has 10 aromatic carbocycles. The van der Waals surface area contributed by atoms with Crippen LogP contribution in [0.5, 0.6) is 0 Å². The summed E-state index contributed by atoms with van der Waals surface area (Å²) in [4.78, 5) is 16.5. The molecule has 62 heavy (non-hydrogen) atoms. The molecule has 5 heteroatoms. The number of fused-ring (bicyclic) bond motifs is 11. The van der Waals surface area contributed by atoms with E-state index in [9.17, 15) is 0 Å². The highest BCUT2D eigenvalue weighted by molar-refractivity contribution is 7.27. The van der Waals surface area contributed by atoms with E-state index in [-0.39, 0.29) is 0 Å². The van der Waals surface area contributed by atoms with Crippen LogP contribution in [0, 0.1) is 0 Å². The van der Waals surface area contributed by atoms with Crippen LogP contribution in [0.1, 0.15) is 0 Å². The molecule has 3 nitrogen and oxygen atoms in total. The van der Waals surface area contributed by atoms with Crippen LogP contribution >= 0.6 is 22.7 Å². The van der Waals surface area contributed by atoms with Crippen LogP contribution in [0.4, 0.5) is 0 Å². The van der Waals surface area contributed by atoms with Gasteiger partial charge in [-0.15, -0.1) is 22.7 Å². The summed E-state index contributed by atoms with van der Waals surface area (Å²) in [6.07, 6.45) is 0. The highest BCUT2D eigenvalue weighted by Gasteiger charge is 2.23. The molecular weight excluding hydrogens is 791 g/mol. The van der Waals surface area contributed by atoms with Gasteiger partial charge in [-0.05, 0) is 97.0 Å². The molecule has 3 aromatic heterocycles. The van der Waals surface area contributed by atoms with Crippen molar-refractivity contribution in [3.63, 3.8) is 0 Å². The number of hydrogen-bond acceptors (Lipinski definition) is 5. The summed E-state index contributed by atoms with van der Waals surface area (Å²) in [6.45, 7) is 0. The van der Waals surface area contributed by atoms with E-state index >= 15 is 0 Å². The summed E-state index contributed by atoms with van der Waals surface area (Å²) >= 11 is 3.68. The zero-order chi connectivity index (χ0) is 40.7. The number of hydrogen-bond donors (Lipinski definition) is 0. The van der Waals surface area contributed by atoms with Crippen molar-refractivity contribution in [2.45, 2.75) is 0 Å². The molecule has 0 aliphatic rings. The first-order chi connectivity index (χ1) is 30.7. The van der Waals surface area contributed by atoms with E-state index in [0.29, 0.717) is 17.5 Å². The Kier molecular flexibility index (Phi) is 7.95. The summed E-state index contributed by atoms with van der Waals surface area (Å²) < 4.78 is 4.93. The van der Waals surface area contributed by atoms with E-state index in [1.807, 2.05) is 22.7 Å². The third-order valence-corrected chi connectivity index (χ3v) is 14.7. The van der Waals surface area contributed by atoms with E-state index in [1.165, 1.54) is 78.8 Å². The Labute approximate surface area is 364 Å². The van der Waals surface area contributed by atoms with Gasteiger partial charge in [0.1, 0.15) is 0 Å². The fraction of sp³-hybridized carbons (Fsp3) is 0. The zero-order valence-electron chi connectivity index (χ0n) is 33.2. The van der Waals surface area contributed by atoms with Gasteiger partial charge in [-0.3, -0.25) is 0 Å². The minimum atomic E-state index is 0.646. The molecule has 0 N–H and O–H groups in total. The van der Waals surface area contributed by atoms with Crippen molar-refractivity contribution in [1.29, 1.82) is 0 Å². The quantitative estimate of drug-likeness (QED) is 0.174. The van der Waals surface area contributed by atoms with Gasteiger partial charge >= 0.3 is 0 Å². The number of benzene rings is 10. The normalized spacial score (nSPS) is 11.9. The molecular formula is C57H33N3S2. The average Bonchev–Trinajstić information content (AvgIpc) is 3.93. The SMILES string of the molecule is c1ccc(-c2ccc3sc4c5ccccc5cc(-c5nc(-c6ccc7ccccc7c6)nc(-c6cc7ccccc7c7sc8ccc(-c9ccccc9)cc8c67)n5)c4c3c2)cc1. The van der Waals surface area contributed by atoms with Crippen molar-refractivity contribution in [3.8, 4) is 56.4 Å². The van der Waals surface area contributed by atoms with E-state index < -0.39 is 0 Å². The Morgan fingerprint density at radius 2 is 0.710 bits per heavy atom. The zero-order valence-corrected chi connectivity index (χ0v) is 34.8. The molecule has 288 valence electrons. The molecule has 13 aromatic rings. The lowest BCUT2D eigenvalue weighted by Gasteiger charge is -2.13. The Morgan fingerprint density at radius 1 is 0.274 bits per heavy atom. The fourth-order valence-electron chi connectivity index (χ4n) is 9.27. The largest absolute Gasteiger partial charge is 0.208 e. The number of aromatic nitrogens is 3. The van der Waals surface area contributed by atoms with E-state index in [4.69, 9.17) is 15.0 Å². The molecule has 13 rings (SSSR count). The van der Waals surface area contributed by atoms with Crippen LogP contribution in [0.15, 0.2) is 200 Å². The first-order valence-electron chi connectivity index (χ1n) is 20.8. The van der Waals surface area contributed by atoms with Crippen LogP contribution in [0.3, 0.4) is 0 Å². The maximum Gasteiger partial charge on any atom is 0.164 e. The van der Waals surface area contributed by atoms with Gasteiger partial charge in [-0.1, -0.05) is 158 Å². The van der Waals surface area contributed by atoms with Gasteiger partial charge in [0.15, 0.2) is 17.5 Å².